The Balaban J connectivity index is 2.00. The van der Waals surface area contributed by atoms with E-state index in [1.165, 1.54) is 12.3 Å². The Bertz CT molecular complexity index is 441. The van der Waals surface area contributed by atoms with Crippen LogP contribution in [-0.4, -0.2) is 48.6 Å². The number of aromatic nitrogens is 1. The van der Waals surface area contributed by atoms with Crippen molar-refractivity contribution in [2.24, 2.45) is 0 Å². The summed E-state index contributed by atoms with van der Waals surface area (Å²) in [5.41, 5.74) is 0.370. The number of nitrogens with zero attached hydrogens (tertiary/aromatic N) is 2. The monoisotopic (exact) mass is 253 g/mol. The van der Waals surface area contributed by atoms with E-state index in [1.807, 2.05) is 11.9 Å². The van der Waals surface area contributed by atoms with Crippen LogP contribution in [0.5, 0.6) is 0 Å². The largest absolute Gasteiger partial charge is 0.380 e. The maximum Gasteiger partial charge on any atom is 0.241 e. The van der Waals surface area contributed by atoms with Crippen molar-refractivity contribution in [3.05, 3.63) is 24.3 Å². The Morgan fingerprint density at radius 3 is 3.00 bits per heavy atom. The van der Waals surface area contributed by atoms with Gasteiger partial charge >= 0.3 is 0 Å². The summed E-state index contributed by atoms with van der Waals surface area (Å²) >= 11 is 0. The summed E-state index contributed by atoms with van der Waals surface area (Å²) in [6, 6.07) is 0.992. The molecule has 1 N–H and O–H groups in total. The molecule has 1 fully saturated rings. The zero-order chi connectivity index (χ0) is 13.1. The molecule has 1 aliphatic heterocycles. The number of anilines is 1. The third kappa shape index (κ3) is 2.83. The molecule has 0 radical (unpaired) electrons. The third-order valence-electron chi connectivity index (χ3n) is 3.12. The van der Waals surface area contributed by atoms with Crippen LogP contribution in [0.15, 0.2) is 18.5 Å². The van der Waals surface area contributed by atoms with Crippen LogP contribution in [0.25, 0.3) is 0 Å². The molecule has 2 rings (SSSR count). The van der Waals surface area contributed by atoms with Gasteiger partial charge in [-0.25, -0.2) is 4.39 Å². The van der Waals surface area contributed by atoms with Crippen LogP contribution < -0.4 is 5.32 Å². The number of nitrogens with one attached hydrogen (secondary N) is 1. The number of likely N-dealkylation sites (tertiary alicyclic amines) is 1. The number of pyridine rings is 1. The molecule has 5 nitrogen and oxygen atoms in total. The van der Waals surface area contributed by atoms with Gasteiger partial charge in [0.1, 0.15) is 5.82 Å². The zero-order valence-electron chi connectivity index (χ0n) is 10.4. The first-order chi connectivity index (χ1) is 8.60. The number of methoxy groups -OCH3 is 1. The number of ether oxygens (including phenoxy) is 1. The van der Waals surface area contributed by atoms with Crippen LogP contribution in [-0.2, 0) is 9.53 Å². The summed E-state index contributed by atoms with van der Waals surface area (Å²) < 4.78 is 18.2. The van der Waals surface area contributed by atoms with Crippen LogP contribution >= 0.6 is 0 Å². The molecular weight excluding hydrogens is 237 g/mol. The molecule has 0 spiro atoms. The zero-order valence-corrected chi connectivity index (χ0v) is 10.4. The first kappa shape index (κ1) is 12.9. The molecule has 1 aromatic rings. The van der Waals surface area contributed by atoms with Gasteiger partial charge in [0.25, 0.3) is 0 Å². The summed E-state index contributed by atoms with van der Waals surface area (Å²) in [6.45, 7) is 0.718. The molecule has 6 heteroatoms. The minimum atomic E-state index is -0.470. The number of rotatable bonds is 3. The predicted octanol–water partition coefficient (Wildman–Crippen LogP) is 0.878. The Hall–Kier alpha value is -1.53. The lowest BCUT2D eigenvalue weighted by Crippen LogP contribution is -2.37. The minimum Gasteiger partial charge on any atom is -0.380 e. The topological polar surface area (TPSA) is 54.5 Å². The SMILES string of the molecule is CO[C@H]1C[C@@H](C(=O)Nc2cncc(F)c2)N(C)C1. The Kier molecular flexibility index (Phi) is 3.88. The molecule has 1 amide bonds. The van der Waals surface area contributed by atoms with Crippen LogP contribution in [0.1, 0.15) is 6.42 Å². The van der Waals surface area contributed by atoms with Gasteiger partial charge in [-0.15, -0.1) is 0 Å². The summed E-state index contributed by atoms with van der Waals surface area (Å²) in [5.74, 6) is -0.633. The van der Waals surface area contributed by atoms with Crippen LogP contribution in [0, 0.1) is 5.82 Å². The average molecular weight is 253 g/mol. The first-order valence-corrected chi connectivity index (χ1v) is 5.74. The van der Waals surface area contributed by atoms with Gasteiger partial charge in [-0.2, -0.15) is 0 Å². The van der Waals surface area contributed by atoms with Crippen molar-refractivity contribution in [3.8, 4) is 0 Å². The Morgan fingerprint density at radius 2 is 2.39 bits per heavy atom. The molecular formula is C12H16FN3O2. The molecule has 0 aliphatic carbocycles. The minimum absolute atomic E-state index is 0.0661. The summed E-state index contributed by atoms with van der Waals surface area (Å²) in [4.78, 5) is 17.7. The van der Waals surface area contributed by atoms with E-state index in [2.05, 4.69) is 10.3 Å². The second kappa shape index (κ2) is 5.41. The van der Waals surface area contributed by atoms with E-state index in [0.717, 1.165) is 12.7 Å². The lowest BCUT2D eigenvalue weighted by atomic mass is 10.2. The maximum atomic E-state index is 12.9. The van der Waals surface area contributed by atoms with Gasteiger partial charge in [0, 0.05) is 19.7 Å². The summed E-state index contributed by atoms with van der Waals surface area (Å²) in [7, 11) is 3.50. The molecule has 1 saturated heterocycles. The van der Waals surface area contributed by atoms with E-state index in [-0.39, 0.29) is 18.1 Å². The summed E-state index contributed by atoms with van der Waals surface area (Å²) in [5, 5.41) is 2.66. The standard InChI is InChI=1S/C12H16FN3O2/c1-16-7-10(18-2)4-11(16)12(17)15-9-3-8(13)5-14-6-9/h3,5-6,10-11H,4,7H2,1-2H3,(H,15,17)/t10-,11-/m0/s1. The fraction of sp³-hybridized carbons (Fsp3) is 0.500. The summed E-state index contributed by atoms with van der Waals surface area (Å²) in [6.07, 6.45) is 3.22. The van der Waals surface area contributed by atoms with E-state index >= 15 is 0 Å². The highest BCUT2D eigenvalue weighted by atomic mass is 19.1. The van der Waals surface area contributed by atoms with Crippen molar-refractivity contribution in [1.29, 1.82) is 0 Å². The van der Waals surface area contributed by atoms with Gasteiger partial charge in [-0.05, 0) is 13.5 Å². The molecule has 0 unspecified atom stereocenters. The molecule has 2 atom stereocenters. The van der Waals surface area contributed by atoms with Crippen molar-refractivity contribution in [1.82, 2.24) is 9.88 Å². The third-order valence-corrected chi connectivity index (χ3v) is 3.12. The van der Waals surface area contributed by atoms with E-state index in [0.29, 0.717) is 12.1 Å². The van der Waals surface area contributed by atoms with Gasteiger partial charge in [-0.1, -0.05) is 0 Å². The Morgan fingerprint density at radius 1 is 1.61 bits per heavy atom. The second-order valence-electron chi connectivity index (χ2n) is 4.43. The molecule has 1 aromatic heterocycles. The van der Waals surface area contributed by atoms with Gasteiger partial charge in [0.05, 0.1) is 30.2 Å². The van der Waals surface area contributed by atoms with Gasteiger partial charge in [0.2, 0.25) is 5.91 Å². The highest BCUT2D eigenvalue weighted by Gasteiger charge is 2.34. The van der Waals surface area contributed by atoms with Gasteiger partial charge in [-0.3, -0.25) is 14.7 Å². The quantitative estimate of drug-likeness (QED) is 0.868. The number of likely N-dealkylation sites (N-methyl/N-ethyl adjacent to an activating group) is 1. The van der Waals surface area contributed by atoms with E-state index < -0.39 is 5.82 Å². The molecule has 1 aliphatic rings. The smallest absolute Gasteiger partial charge is 0.241 e. The molecule has 2 heterocycles. The lowest BCUT2D eigenvalue weighted by Gasteiger charge is -2.17. The lowest BCUT2D eigenvalue weighted by molar-refractivity contribution is -0.120. The van der Waals surface area contributed by atoms with Crippen molar-refractivity contribution in [3.63, 3.8) is 0 Å². The van der Waals surface area contributed by atoms with Crippen molar-refractivity contribution in [2.45, 2.75) is 18.6 Å². The van der Waals surface area contributed by atoms with E-state index in [9.17, 15) is 9.18 Å². The molecule has 0 aromatic carbocycles. The number of hydrogen-bond acceptors (Lipinski definition) is 4. The highest BCUT2D eigenvalue weighted by molar-refractivity contribution is 5.94. The van der Waals surface area contributed by atoms with Crippen molar-refractivity contribution in [2.75, 3.05) is 26.0 Å². The number of halogens is 1. The molecule has 18 heavy (non-hydrogen) atoms. The van der Waals surface area contributed by atoms with E-state index in [4.69, 9.17) is 4.74 Å². The number of hydrogen-bond donors (Lipinski definition) is 1. The molecule has 0 saturated carbocycles. The fourth-order valence-corrected chi connectivity index (χ4v) is 2.14. The second-order valence-corrected chi connectivity index (χ2v) is 4.43. The van der Waals surface area contributed by atoms with Gasteiger partial charge < -0.3 is 10.1 Å². The van der Waals surface area contributed by atoms with Crippen LogP contribution in [0.2, 0.25) is 0 Å². The van der Waals surface area contributed by atoms with Crippen molar-refractivity contribution >= 4 is 11.6 Å². The molecule has 0 bridgehead atoms. The Labute approximate surface area is 105 Å². The number of amides is 1. The fourth-order valence-electron chi connectivity index (χ4n) is 2.14. The predicted molar refractivity (Wildman–Crippen MR) is 64.7 cm³/mol. The van der Waals surface area contributed by atoms with E-state index in [1.54, 1.807) is 7.11 Å². The average Bonchev–Trinajstić information content (AvgIpc) is 2.70. The van der Waals surface area contributed by atoms with Crippen molar-refractivity contribution < 1.29 is 13.9 Å². The van der Waals surface area contributed by atoms with Crippen LogP contribution in [0.3, 0.4) is 0 Å². The first-order valence-electron chi connectivity index (χ1n) is 5.74. The highest BCUT2D eigenvalue weighted by Crippen LogP contribution is 2.19. The number of carbonyl (C=O) groups is 1. The number of carbonyl (C=O) groups excluding carboxylic acids is 1. The van der Waals surface area contributed by atoms with Gasteiger partial charge in [0.15, 0.2) is 0 Å². The maximum absolute atomic E-state index is 12.9. The molecule has 98 valence electrons. The normalized spacial score (nSPS) is 24.2. The van der Waals surface area contributed by atoms with Crippen LogP contribution in [0.4, 0.5) is 10.1 Å².